The molecule has 0 unspecified atom stereocenters. The first-order chi connectivity index (χ1) is 13.0. The second kappa shape index (κ2) is 9.56. The zero-order valence-electron chi connectivity index (χ0n) is 16.2. The van der Waals surface area contributed by atoms with Gasteiger partial charge in [-0.15, -0.1) is 0 Å². The maximum Gasteiger partial charge on any atom is 0.251 e. The normalized spacial score (nSPS) is 11.3. The van der Waals surface area contributed by atoms with Crippen LogP contribution in [0.3, 0.4) is 0 Å². The third-order valence-corrected chi connectivity index (χ3v) is 3.86. The molecule has 0 radical (unpaired) electrons. The van der Waals surface area contributed by atoms with Crippen molar-refractivity contribution in [1.82, 2.24) is 5.32 Å². The summed E-state index contributed by atoms with van der Waals surface area (Å²) < 4.78 is 26.6. The Morgan fingerprint density at radius 2 is 1.44 bits per heavy atom. The monoisotopic (exact) mass is 375 g/mol. The maximum atomic E-state index is 12.6. The molecule has 1 atom stereocenters. The Balaban J connectivity index is 2.00. The van der Waals surface area contributed by atoms with Gasteiger partial charge in [-0.25, -0.2) is 0 Å². The van der Waals surface area contributed by atoms with E-state index in [1.54, 1.807) is 19.2 Å². The van der Waals surface area contributed by atoms with Gasteiger partial charge in [0, 0.05) is 5.56 Å². The van der Waals surface area contributed by atoms with Gasteiger partial charge in [0.15, 0.2) is 11.5 Å². The second-order valence-corrected chi connectivity index (χ2v) is 5.78. The molecule has 0 aliphatic carbocycles. The number of ether oxygens (including phenoxy) is 5. The van der Waals surface area contributed by atoms with Crippen molar-refractivity contribution in [2.75, 3.05) is 35.0 Å². The summed E-state index contributed by atoms with van der Waals surface area (Å²) in [4.78, 5) is 12.6. The number of benzene rings is 2. The second-order valence-electron chi connectivity index (χ2n) is 5.78. The minimum atomic E-state index is -0.264. The fourth-order valence-corrected chi connectivity index (χ4v) is 2.45. The van der Waals surface area contributed by atoms with Crippen molar-refractivity contribution in [2.24, 2.45) is 0 Å². The van der Waals surface area contributed by atoms with E-state index in [9.17, 15) is 4.79 Å². The van der Waals surface area contributed by atoms with Crippen molar-refractivity contribution >= 4 is 5.91 Å². The summed E-state index contributed by atoms with van der Waals surface area (Å²) in [7, 11) is 6.13. The molecule has 0 aliphatic rings. The fourth-order valence-electron chi connectivity index (χ4n) is 2.45. The molecule has 0 aliphatic heterocycles. The van der Waals surface area contributed by atoms with Crippen molar-refractivity contribution in [2.45, 2.75) is 13.0 Å². The minimum absolute atomic E-state index is 0.210. The lowest BCUT2D eigenvalue weighted by Gasteiger charge is -2.17. The number of rotatable bonds is 9. The van der Waals surface area contributed by atoms with Crippen LogP contribution in [-0.2, 0) is 0 Å². The van der Waals surface area contributed by atoms with E-state index < -0.39 is 0 Å². The van der Waals surface area contributed by atoms with Crippen LogP contribution in [0, 0.1) is 0 Å². The van der Waals surface area contributed by atoms with E-state index in [0.717, 1.165) is 5.75 Å². The molecular formula is C20H25NO6. The van der Waals surface area contributed by atoms with Crippen LogP contribution in [0.2, 0.25) is 0 Å². The molecule has 7 heteroatoms. The Labute approximate surface area is 159 Å². The minimum Gasteiger partial charge on any atom is -0.497 e. The van der Waals surface area contributed by atoms with E-state index in [2.05, 4.69) is 5.32 Å². The average Bonchev–Trinajstić information content (AvgIpc) is 2.71. The molecule has 0 spiro atoms. The summed E-state index contributed by atoms with van der Waals surface area (Å²) >= 11 is 0. The molecule has 0 fully saturated rings. The van der Waals surface area contributed by atoms with Crippen LogP contribution in [0.1, 0.15) is 17.3 Å². The van der Waals surface area contributed by atoms with Crippen molar-refractivity contribution < 1.29 is 28.5 Å². The van der Waals surface area contributed by atoms with E-state index in [4.69, 9.17) is 23.7 Å². The highest BCUT2D eigenvalue weighted by molar-refractivity contribution is 5.95. The summed E-state index contributed by atoms with van der Waals surface area (Å²) in [6, 6.07) is 10.3. The van der Waals surface area contributed by atoms with Gasteiger partial charge in [-0.05, 0) is 43.3 Å². The molecule has 2 rings (SSSR count). The highest BCUT2D eigenvalue weighted by Gasteiger charge is 2.18. The van der Waals surface area contributed by atoms with Gasteiger partial charge in [0.2, 0.25) is 5.75 Å². The zero-order valence-corrected chi connectivity index (χ0v) is 16.2. The Hall–Kier alpha value is -3.09. The van der Waals surface area contributed by atoms with Crippen molar-refractivity contribution in [3.05, 3.63) is 42.0 Å². The summed E-state index contributed by atoms with van der Waals surface area (Å²) in [5, 5.41) is 2.89. The Kier molecular flexibility index (Phi) is 7.16. The van der Waals surface area contributed by atoms with E-state index in [1.165, 1.54) is 21.3 Å². The number of carbonyl (C=O) groups is 1. The lowest BCUT2D eigenvalue weighted by Crippen LogP contribution is -2.36. The smallest absolute Gasteiger partial charge is 0.251 e. The topological polar surface area (TPSA) is 75.3 Å². The molecule has 1 N–H and O–H groups in total. The lowest BCUT2D eigenvalue weighted by atomic mass is 10.1. The standard InChI is InChI=1S/C20H25NO6/c1-13(12-27-16-8-6-15(23-2)7-9-16)21-20(22)14-10-17(24-3)19(26-5)18(11-14)25-4/h6-11,13H,12H2,1-5H3,(H,21,22)/t13-/m0/s1. The molecule has 1 amide bonds. The molecule has 0 saturated heterocycles. The van der Waals surface area contributed by atoms with Gasteiger partial charge in [-0.2, -0.15) is 0 Å². The van der Waals surface area contributed by atoms with E-state index in [-0.39, 0.29) is 11.9 Å². The van der Waals surface area contributed by atoms with Crippen molar-refractivity contribution in [3.8, 4) is 28.7 Å². The third-order valence-electron chi connectivity index (χ3n) is 3.86. The highest BCUT2D eigenvalue weighted by atomic mass is 16.5. The highest BCUT2D eigenvalue weighted by Crippen LogP contribution is 2.38. The first kappa shape index (κ1) is 20.2. The summed E-state index contributed by atoms with van der Waals surface area (Å²) in [6.07, 6.45) is 0. The SMILES string of the molecule is COc1ccc(OC[C@H](C)NC(=O)c2cc(OC)c(OC)c(OC)c2)cc1. The van der Waals surface area contributed by atoms with Crippen LogP contribution in [0.5, 0.6) is 28.7 Å². The molecule has 0 saturated carbocycles. The quantitative estimate of drug-likeness (QED) is 0.726. The number of nitrogens with one attached hydrogen (secondary N) is 1. The molecular weight excluding hydrogens is 350 g/mol. The number of amides is 1. The molecule has 0 heterocycles. The molecule has 7 nitrogen and oxygen atoms in total. The predicted octanol–water partition coefficient (Wildman–Crippen LogP) is 2.92. The van der Waals surface area contributed by atoms with Crippen LogP contribution in [0.15, 0.2) is 36.4 Å². The van der Waals surface area contributed by atoms with Crippen LogP contribution in [0.4, 0.5) is 0 Å². The van der Waals surface area contributed by atoms with Crippen LogP contribution < -0.4 is 29.0 Å². The first-order valence-electron chi connectivity index (χ1n) is 8.40. The third kappa shape index (κ3) is 5.20. The molecule has 0 bridgehead atoms. The predicted molar refractivity (Wildman–Crippen MR) is 102 cm³/mol. The van der Waals surface area contributed by atoms with Gasteiger partial charge >= 0.3 is 0 Å². The van der Waals surface area contributed by atoms with Crippen LogP contribution in [-0.4, -0.2) is 47.0 Å². The van der Waals surface area contributed by atoms with Crippen LogP contribution >= 0.6 is 0 Å². The Morgan fingerprint density at radius 3 is 1.93 bits per heavy atom. The zero-order chi connectivity index (χ0) is 19.8. The fraction of sp³-hybridized carbons (Fsp3) is 0.350. The van der Waals surface area contributed by atoms with Crippen molar-refractivity contribution in [3.63, 3.8) is 0 Å². The van der Waals surface area contributed by atoms with Gasteiger partial charge in [0.05, 0.1) is 34.5 Å². The van der Waals surface area contributed by atoms with Gasteiger partial charge in [-0.3, -0.25) is 4.79 Å². The van der Waals surface area contributed by atoms with Crippen molar-refractivity contribution in [1.29, 1.82) is 0 Å². The maximum absolute atomic E-state index is 12.6. The van der Waals surface area contributed by atoms with Gasteiger partial charge in [0.25, 0.3) is 5.91 Å². The first-order valence-corrected chi connectivity index (χ1v) is 8.40. The molecule has 2 aromatic rings. The van der Waals surface area contributed by atoms with E-state index in [1.807, 2.05) is 31.2 Å². The average molecular weight is 375 g/mol. The molecule has 146 valence electrons. The van der Waals surface area contributed by atoms with Gasteiger partial charge in [-0.1, -0.05) is 0 Å². The van der Waals surface area contributed by atoms with E-state index in [0.29, 0.717) is 35.2 Å². The summed E-state index contributed by atoms with van der Waals surface area (Å²) in [6.45, 7) is 2.18. The molecule has 27 heavy (non-hydrogen) atoms. The van der Waals surface area contributed by atoms with Gasteiger partial charge in [0.1, 0.15) is 18.1 Å². The number of hydrogen-bond donors (Lipinski definition) is 1. The number of carbonyl (C=O) groups excluding carboxylic acids is 1. The number of hydrogen-bond acceptors (Lipinski definition) is 6. The van der Waals surface area contributed by atoms with Crippen LogP contribution in [0.25, 0.3) is 0 Å². The summed E-state index contributed by atoms with van der Waals surface area (Å²) in [5.41, 5.74) is 0.404. The van der Waals surface area contributed by atoms with E-state index >= 15 is 0 Å². The largest absolute Gasteiger partial charge is 0.497 e. The Bertz CT molecular complexity index is 735. The number of methoxy groups -OCH3 is 4. The molecule has 2 aromatic carbocycles. The lowest BCUT2D eigenvalue weighted by molar-refractivity contribution is 0.0926. The molecule has 0 aromatic heterocycles. The Morgan fingerprint density at radius 1 is 0.889 bits per heavy atom. The summed E-state index contributed by atoms with van der Waals surface area (Å²) in [5.74, 6) is 2.47. The van der Waals surface area contributed by atoms with Gasteiger partial charge < -0.3 is 29.0 Å².